The van der Waals surface area contributed by atoms with Crippen LogP contribution in [-0.2, 0) is 9.59 Å². The van der Waals surface area contributed by atoms with E-state index in [4.69, 9.17) is 10.5 Å². The second-order valence-corrected chi connectivity index (χ2v) is 5.49. The van der Waals surface area contributed by atoms with Crippen LogP contribution in [0.1, 0.15) is 6.42 Å². The Hall–Kier alpha value is -1.76. The van der Waals surface area contributed by atoms with Crippen molar-refractivity contribution < 1.29 is 18.7 Å². The molecule has 116 valence electrons. The van der Waals surface area contributed by atoms with Gasteiger partial charge in [-0.2, -0.15) is 11.8 Å². The Morgan fingerprint density at radius 3 is 2.62 bits per heavy atom. The molecule has 1 aromatic rings. The van der Waals surface area contributed by atoms with Crippen molar-refractivity contribution in [1.82, 2.24) is 4.90 Å². The van der Waals surface area contributed by atoms with Gasteiger partial charge < -0.3 is 15.4 Å². The van der Waals surface area contributed by atoms with Crippen LogP contribution in [0.3, 0.4) is 0 Å². The second kappa shape index (κ2) is 9.23. The number of amides is 2. The van der Waals surface area contributed by atoms with E-state index < -0.39 is 0 Å². The molecule has 0 bridgehead atoms. The Balaban J connectivity index is 2.17. The molecule has 0 saturated heterocycles. The summed E-state index contributed by atoms with van der Waals surface area (Å²) in [6.45, 7) is 0.777. The van der Waals surface area contributed by atoms with Gasteiger partial charge in [-0.1, -0.05) is 0 Å². The summed E-state index contributed by atoms with van der Waals surface area (Å²) in [4.78, 5) is 23.9. The maximum Gasteiger partial charge on any atom is 0.227 e. The molecule has 2 N–H and O–H groups in total. The van der Waals surface area contributed by atoms with Crippen molar-refractivity contribution in [3.8, 4) is 5.75 Å². The van der Waals surface area contributed by atoms with E-state index in [0.717, 1.165) is 0 Å². The van der Waals surface area contributed by atoms with Gasteiger partial charge in [-0.05, 0) is 24.3 Å². The minimum absolute atomic E-state index is 0.0188. The molecule has 0 heterocycles. The van der Waals surface area contributed by atoms with Crippen LogP contribution in [0.5, 0.6) is 5.75 Å². The van der Waals surface area contributed by atoms with Crippen molar-refractivity contribution in [2.24, 2.45) is 5.73 Å². The highest BCUT2D eigenvalue weighted by atomic mass is 32.2. The zero-order valence-corrected chi connectivity index (χ0v) is 12.7. The van der Waals surface area contributed by atoms with Gasteiger partial charge in [0.2, 0.25) is 11.8 Å². The Labute approximate surface area is 127 Å². The van der Waals surface area contributed by atoms with Crippen molar-refractivity contribution in [2.45, 2.75) is 6.42 Å². The molecule has 0 fully saturated rings. The Bertz CT molecular complexity index is 468. The summed E-state index contributed by atoms with van der Waals surface area (Å²) >= 11 is 1.34. The van der Waals surface area contributed by atoms with Gasteiger partial charge in [-0.15, -0.1) is 0 Å². The molecule has 0 radical (unpaired) electrons. The van der Waals surface area contributed by atoms with Gasteiger partial charge in [0.1, 0.15) is 18.2 Å². The summed E-state index contributed by atoms with van der Waals surface area (Å²) in [5.41, 5.74) is 5.00. The monoisotopic (exact) mass is 314 g/mol. The molecule has 1 aromatic carbocycles. The minimum Gasteiger partial charge on any atom is -0.492 e. The van der Waals surface area contributed by atoms with Crippen LogP contribution >= 0.6 is 11.8 Å². The van der Waals surface area contributed by atoms with Gasteiger partial charge in [0.25, 0.3) is 0 Å². The van der Waals surface area contributed by atoms with E-state index in [-0.39, 0.29) is 23.4 Å². The first-order chi connectivity index (χ1) is 9.99. The van der Waals surface area contributed by atoms with Crippen LogP contribution in [0.25, 0.3) is 0 Å². The quantitative estimate of drug-likeness (QED) is 0.697. The molecule has 0 aliphatic carbocycles. The Morgan fingerprint density at radius 2 is 2.00 bits per heavy atom. The van der Waals surface area contributed by atoms with Crippen molar-refractivity contribution >= 4 is 23.6 Å². The smallest absolute Gasteiger partial charge is 0.227 e. The summed E-state index contributed by atoms with van der Waals surface area (Å²) < 4.78 is 18.1. The highest BCUT2D eigenvalue weighted by molar-refractivity contribution is 7.99. The van der Waals surface area contributed by atoms with Gasteiger partial charge in [0.05, 0.1) is 12.3 Å². The molecule has 0 aliphatic heterocycles. The lowest BCUT2D eigenvalue weighted by molar-refractivity contribution is -0.129. The number of carbonyl (C=O) groups is 2. The van der Waals surface area contributed by atoms with E-state index in [1.165, 1.54) is 36.0 Å². The maximum atomic E-state index is 12.7. The fraction of sp³-hybridized carbons (Fsp3) is 0.429. The fourth-order valence-corrected chi connectivity index (χ4v) is 2.14. The number of thioether (sulfide) groups is 1. The molecule has 0 atom stereocenters. The van der Waals surface area contributed by atoms with Crippen molar-refractivity contribution in [3.63, 3.8) is 0 Å². The number of nitrogens with zero attached hydrogens (tertiary/aromatic N) is 1. The van der Waals surface area contributed by atoms with Crippen LogP contribution in [0.4, 0.5) is 4.39 Å². The van der Waals surface area contributed by atoms with E-state index in [1.807, 2.05) is 0 Å². The zero-order valence-electron chi connectivity index (χ0n) is 11.9. The number of halogens is 1. The predicted molar refractivity (Wildman–Crippen MR) is 80.7 cm³/mol. The number of carbonyl (C=O) groups excluding carboxylic acids is 2. The maximum absolute atomic E-state index is 12.7. The standard InChI is InChI=1S/C14H19FN2O3S/c1-17(14(19)6-9-21-10-13(16)18)7-8-20-12-4-2-11(15)3-5-12/h2-5H,6-10H2,1H3,(H2,16,18). The van der Waals surface area contributed by atoms with Crippen molar-refractivity contribution in [3.05, 3.63) is 30.1 Å². The van der Waals surface area contributed by atoms with Crippen LogP contribution in [0.15, 0.2) is 24.3 Å². The first-order valence-electron chi connectivity index (χ1n) is 6.47. The average Bonchev–Trinajstić information content (AvgIpc) is 2.45. The molecule has 0 saturated carbocycles. The van der Waals surface area contributed by atoms with E-state index in [0.29, 0.717) is 31.1 Å². The molecular formula is C14H19FN2O3S. The van der Waals surface area contributed by atoms with E-state index in [9.17, 15) is 14.0 Å². The number of likely N-dealkylation sites (N-methyl/N-ethyl adjacent to an activating group) is 1. The summed E-state index contributed by atoms with van der Waals surface area (Å²) in [6, 6.07) is 5.72. The minimum atomic E-state index is -0.381. The van der Waals surface area contributed by atoms with Crippen LogP contribution < -0.4 is 10.5 Å². The van der Waals surface area contributed by atoms with Crippen molar-refractivity contribution in [2.75, 3.05) is 31.7 Å². The fourth-order valence-electron chi connectivity index (χ4n) is 1.48. The number of rotatable bonds is 9. The third-order valence-corrected chi connectivity index (χ3v) is 3.62. The van der Waals surface area contributed by atoms with Gasteiger partial charge in [-0.3, -0.25) is 9.59 Å². The van der Waals surface area contributed by atoms with E-state index in [2.05, 4.69) is 0 Å². The molecule has 21 heavy (non-hydrogen) atoms. The van der Waals surface area contributed by atoms with Crippen LogP contribution in [0, 0.1) is 5.82 Å². The van der Waals surface area contributed by atoms with Gasteiger partial charge >= 0.3 is 0 Å². The van der Waals surface area contributed by atoms with Gasteiger partial charge in [0, 0.05) is 19.2 Å². The molecular weight excluding hydrogens is 295 g/mol. The lowest BCUT2D eigenvalue weighted by Gasteiger charge is -2.17. The zero-order chi connectivity index (χ0) is 15.7. The number of hydrogen-bond donors (Lipinski definition) is 1. The highest BCUT2D eigenvalue weighted by Crippen LogP contribution is 2.11. The average molecular weight is 314 g/mol. The first-order valence-corrected chi connectivity index (χ1v) is 7.63. The number of primary amides is 1. The molecule has 0 spiro atoms. The highest BCUT2D eigenvalue weighted by Gasteiger charge is 2.08. The molecule has 0 aromatic heterocycles. The van der Waals surface area contributed by atoms with Gasteiger partial charge in [0.15, 0.2) is 0 Å². The lowest BCUT2D eigenvalue weighted by atomic mass is 10.3. The molecule has 0 unspecified atom stereocenters. The summed E-state index contributed by atoms with van der Waals surface area (Å²) in [5, 5.41) is 0. The third-order valence-electron chi connectivity index (χ3n) is 2.64. The summed E-state index contributed by atoms with van der Waals surface area (Å²) in [7, 11) is 1.69. The summed E-state index contributed by atoms with van der Waals surface area (Å²) in [6.07, 6.45) is 0.352. The van der Waals surface area contributed by atoms with E-state index >= 15 is 0 Å². The molecule has 5 nitrogen and oxygen atoms in total. The first kappa shape index (κ1) is 17.3. The summed E-state index contributed by atoms with van der Waals surface area (Å²) in [5.74, 6) is 0.635. The Morgan fingerprint density at radius 1 is 1.33 bits per heavy atom. The lowest BCUT2D eigenvalue weighted by Crippen LogP contribution is -2.31. The Kier molecular flexibility index (Phi) is 7.60. The topological polar surface area (TPSA) is 72.6 Å². The number of nitrogens with two attached hydrogens (primary N) is 1. The van der Waals surface area contributed by atoms with Gasteiger partial charge in [-0.25, -0.2) is 4.39 Å². The number of hydrogen-bond acceptors (Lipinski definition) is 4. The second-order valence-electron chi connectivity index (χ2n) is 4.39. The largest absolute Gasteiger partial charge is 0.492 e. The SMILES string of the molecule is CN(CCOc1ccc(F)cc1)C(=O)CCSCC(N)=O. The van der Waals surface area contributed by atoms with Crippen molar-refractivity contribution in [1.29, 1.82) is 0 Å². The molecule has 0 aliphatic rings. The normalized spacial score (nSPS) is 10.2. The predicted octanol–water partition coefficient (Wildman–Crippen LogP) is 1.27. The molecule has 2 amide bonds. The van der Waals surface area contributed by atoms with E-state index in [1.54, 1.807) is 11.9 Å². The number of benzene rings is 1. The molecule has 1 rings (SSSR count). The van der Waals surface area contributed by atoms with Crippen LogP contribution in [-0.4, -0.2) is 48.4 Å². The molecule has 7 heteroatoms. The number of ether oxygens (including phenoxy) is 1. The van der Waals surface area contributed by atoms with Crippen LogP contribution in [0.2, 0.25) is 0 Å². The third kappa shape index (κ3) is 7.55.